The lowest BCUT2D eigenvalue weighted by Crippen LogP contribution is -2.14. The highest BCUT2D eigenvalue weighted by Gasteiger charge is 2.14. The zero-order valence-corrected chi connectivity index (χ0v) is 11.8. The van der Waals surface area contributed by atoms with E-state index in [0.717, 1.165) is 0 Å². The number of hydrogen-bond acceptors (Lipinski definition) is 4. The molecule has 0 saturated heterocycles. The van der Waals surface area contributed by atoms with Crippen LogP contribution >= 0.6 is 15.9 Å². The molecule has 2 aromatic rings. The highest BCUT2D eigenvalue weighted by molar-refractivity contribution is 9.10. The summed E-state index contributed by atoms with van der Waals surface area (Å²) >= 11 is 3.23. The number of para-hydroxylation sites is 1. The van der Waals surface area contributed by atoms with Crippen molar-refractivity contribution >= 4 is 33.2 Å². The number of aromatic nitrogens is 1. The smallest absolute Gasteiger partial charge is 0.259 e. The van der Waals surface area contributed by atoms with E-state index in [1.165, 1.54) is 7.11 Å². The lowest BCUT2D eigenvalue weighted by molar-refractivity contribution is 0.102. The van der Waals surface area contributed by atoms with Crippen LogP contribution in [0.2, 0.25) is 0 Å². The Kier molecular flexibility index (Phi) is 4.01. The van der Waals surface area contributed by atoms with Crippen molar-refractivity contribution < 1.29 is 9.53 Å². The van der Waals surface area contributed by atoms with Crippen molar-refractivity contribution in [2.24, 2.45) is 0 Å². The molecule has 3 N–H and O–H groups in total. The molecule has 0 atom stereocenters. The number of nitrogens with zero attached hydrogens (tertiary/aromatic N) is 1. The summed E-state index contributed by atoms with van der Waals surface area (Å²) in [6, 6.07) is 8.51. The standard InChI is InChI=1S/C13H12BrN3O2/c1-19-12-9(3-2-4-10(12)15)13(18)17-8-5-6-11(14)16-7-8/h2-7H,15H2,1H3,(H,17,18). The predicted octanol–water partition coefficient (Wildman–Crippen LogP) is 2.69. The van der Waals surface area contributed by atoms with Gasteiger partial charge in [0.25, 0.3) is 5.91 Å². The number of pyridine rings is 1. The van der Waals surface area contributed by atoms with E-state index in [9.17, 15) is 4.79 Å². The quantitative estimate of drug-likeness (QED) is 0.673. The maximum atomic E-state index is 12.1. The minimum absolute atomic E-state index is 0.298. The number of amides is 1. The summed E-state index contributed by atoms with van der Waals surface area (Å²) in [5, 5.41) is 2.73. The molecule has 0 radical (unpaired) electrons. The molecule has 1 amide bonds. The first-order valence-corrected chi connectivity index (χ1v) is 6.26. The molecule has 1 aromatic heterocycles. The molecule has 0 bridgehead atoms. The second-order valence-electron chi connectivity index (χ2n) is 3.75. The number of nitrogens with one attached hydrogen (secondary N) is 1. The second kappa shape index (κ2) is 5.71. The van der Waals surface area contributed by atoms with E-state index in [1.807, 2.05) is 0 Å². The van der Waals surface area contributed by atoms with Crippen molar-refractivity contribution in [1.29, 1.82) is 0 Å². The van der Waals surface area contributed by atoms with Gasteiger partial charge in [-0.15, -0.1) is 0 Å². The number of anilines is 2. The number of carbonyl (C=O) groups excluding carboxylic acids is 1. The number of nitrogen functional groups attached to an aromatic ring is 1. The zero-order chi connectivity index (χ0) is 13.8. The summed E-state index contributed by atoms with van der Waals surface area (Å²) in [4.78, 5) is 16.2. The molecule has 6 heteroatoms. The van der Waals surface area contributed by atoms with Crippen LogP contribution in [-0.4, -0.2) is 18.0 Å². The number of carbonyl (C=O) groups is 1. The van der Waals surface area contributed by atoms with Crippen LogP contribution < -0.4 is 15.8 Å². The van der Waals surface area contributed by atoms with Crippen molar-refractivity contribution in [2.75, 3.05) is 18.2 Å². The average molecular weight is 322 g/mol. The topological polar surface area (TPSA) is 77.2 Å². The largest absolute Gasteiger partial charge is 0.494 e. The number of ether oxygens (including phenoxy) is 1. The van der Waals surface area contributed by atoms with E-state index < -0.39 is 0 Å². The van der Waals surface area contributed by atoms with Crippen LogP contribution in [-0.2, 0) is 0 Å². The van der Waals surface area contributed by atoms with Gasteiger partial charge in [-0.3, -0.25) is 4.79 Å². The fourth-order valence-electron chi connectivity index (χ4n) is 1.61. The fourth-order valence-corrected chi connectivity index (χ4v) is 1.84. The Balaban J connectivity index is 2.25. The van der Waals surface area contributed by atoms with E-state index in [-0.39, 0.29) is 5.91 Å². The molecule has 98 valence electrons. The van der Waals surface area contributed by atoms with Crippen LogP contribution in [0.25, 0.3) is 0 Å². The first-order chi connectivity index (χ1) is 9.11. The third kappa shape index (κ3) is 3.03. The molecular weight excluding hydrogens is 310 g/mol. The maximum Gasteiger partial charge on any atom is 0.259 e. The molecule has 2 rings (SSSR count). The van der Waals surface area contributed by atoms with Gasteiger partial charge in [0.15, 0.2) is 5.75 Å². The van der Waals surface area contributed by atoms with Crippen LogP contribution in [0.15, 0.2) is 41.1 Å². The van der Waals surface area contributed by atoms with E-state index in [1.54, 1.807) is 36.5 Å². The van der Waals surface area contributed by atoms with Crippen molar-refractivity contribution in [1.82, 2.24) is 4.98 Å². The van der Waals surface area contributed by atoms with Crippen LogP contribution in [0.3, 0.4) is 0 Å². The van der Waals surface area contributed by atoms with Gasteiger partial charge in [-0.2, -0.15) is 0 Å². The summed E-state index contributed by atoms with van der Waals surface area (Å²) in [5.74, 6) is 0.0679. The van der Waals surface area contributed by atoms with Crippen LogP contribution in [0, 0.1) is 0 Å². The Morgan fingerprint density at radius 3 is 2.79 bits per heavy atom. The number of nitrogens with two attached hydrogens (primary N) is 1. The lowest BCUT2D eigenvalue weighted by atomic mass is 10.1. The average Bonchev–Trinajstić information content (AvgIpc) is 2.41. The van der Waals surface area contributed by atoms with Gasteiger partial charge in [0.1, 0.15) is 4.60 Å². The van der Waals surface area contributed by atoms with Gasteiger partial charge in [-0.1, -0.05) is 6.07 Å². The molecule has 5 nitrogen and oxygen atoms in total. The number of hydrogen-bond donors (Lipinski definition) is 2. The monoisotopic (exact) mass is 321 g/mol. The molecule has 0 aliphatic rings. The van der Waals surface area contributed by atoms with Gasteiger partial charge in [-0.25, -0.2) is 4.98 Å². The van der Waals surface area contributed by atoms with Crippen molar-refractivity contribution in [3.8, 4) is 5.75 Å². The number of halogens is 1. The summed E-state index contributed by atoms with van der Waals surface area (Å²) in [6.07, 6.45) is 1.56. The molecule has 0 fully saturated rings. The van der Waals surface area contributed by atoms with Crippen LogP contribution in [0.1, 0.15) is 10.4 Å². The van der Waals surface area contributed by atoms with E-state index in [0.29, 0.717) is 27.3 Å². The van der Waals surface area contributed by atoms with Crippen LogP contribution in [0.4, 0.5) is 11.4 Å². The second-order valence-corrected chi connectivity index (χ2v) is 4.56. The van der Waals surface area contributed by atoms with E-state index >= 15 is 0 Å². The first-order valence-electron chi connectivity index (χ1n) is 5.47. The molecule has 1 aromatic carbocycles. The fraction of sp³-hybridized carbons (Fsp3) is 0.0769. The SMILES string of the molecule is COc1c(N)cccc1C(=O)Nc1ccc(Br)nc1. The lowest BCUT2D eigenvalue weighted by Gasteiger charge is -2.11. The molecule has 0 aliphatic heterocycles. The minimum Gasteiger partial charge on any atom is -0.494 e. The molecule has 0 saturated carbocycles. The van der Waals surface area contributed by atoms with Gasteiger partial charge in [0.05, 0.1) is 30.2 Å². The Bertz CT molecular complexity index is 599. The predicted molar refractivity (Wildman–Crippen MR) is 77.3 cm³/mol. The molecule has 0 spiro atoms. The number of methoxy groups -OCH3 is 1. The Morgan fingerprint density at radius 2 is 2.16 bits per heavy atom. The van der Waals surface area contributed by atoms with Gasteiger partial charge in [0, 0.05) is 0 Å². The van der Waals surface area contributed by atoms with Crippen molar-refractivity contribution in [2.45, 2.75) is 0 Å². The number of benzene rings is 1. The molecule has 0 aliphatic carbocycles. The Morgan fingerprint density at radius 1 is 1.37 bits per heavy atom. The summed E-state index contributed by atoms with van der Waals surface area (Å²) < 4.78 is 5.85. The third-order valence-electron chi connectivity index (χ3n) is 2.48. The molecule has 1 heterocycles. The number of rotatable bonds is 3. The van der Waals surface area contributed by atoms with Gasteiger partial charge < -0.3 is 15.8 Å². The van der Waals surface area contributed by atoms with Crippen molar-refractivity contribution in [3.05, 3.63) is 46.7 Å². The molecule has 0 unspecified atom stereocenters. The van der Waals surface area contributed by atoms with Crippen molar-refractivity contribution in [3.63, 3.8) is 0 Å². The summed E-state index contributed by atoms with van der Waals surface area (Å²) in [5.41, 5.74) is 7.15. The first kappa shape index (κ1) is 13.4. The zero-order valence-electron chi connectivity index (χ0n) is 10.2. The Hall–Kier alpha value is -2.08. The minimum atomic E-state index is -0.298. The van der Waals surface area contributed by atoms with Gasteiger partial charge in [0.2, 0.25) is 0 Å². The summed E-state index contributed by atoms with van der Waals surface area (Å²) in [7, 11) is 1.48. The third-order valence-corrected chi connectivity index (χ3v) is 2.95. The van der Waals surface area contributed by atoms with E-state index in [4.69, 9.17) is 10.5 Å². The van der Waals surface area contributed by atoms with Gasteiger partial charge >= 0.3 is 0 Å². The maximum absolute atomic E-state index is 12.1. The highest BCUT2D eigenvalue weighted by atomic mass is 79.9. The molecular formula is C13H12BrN3O2. The van der Waals surface area contributed by atoms with Crippen LogP contribution in [0.5, 0.6) is 5.75 Å². The summed E-state index contributed by atoms with van der Waals surface area (Å²) in [6.45, 7) is 0. The molecule has 19 heavy (non-hydrogen) atoms. The Labute approximate surface area is 118 Å². The highest BCUT2D eigenvalue weighted by Crippen LogP contribution is 2.26. The van der Waals surface area contributed by atoms with E-state index in [2.05, 4.69) is 26.2 Å². The normalized spacial score (nSPS) is 10.0. The van der Waals surface area contributed by atoms with Gasteiger partial charge in [-0.05, 0) is 40.2 Å².